The van der Waals surface area contributed by atoms with Gasteiger partial charge in [0, 0.05) is 6.61 Å². The summed E-state index contributed by atoms with van der Waals surface area (Å²) in [5.74, 6) is -1.19. The molecular formula is C8H19N2O2. The Morgan fingerprint density at radius 1 is 1.33 bits per heavy atom. The third-order valence-corrected chi connectivity index (χ3v) is 1.48. The van der Waals surface area contributed by atoms with Gasteiger partial charge in [0.1, 0.15) is 0 Å². The molecule has 1 atom stereocenters. The maximum absolute atomic E-state index is 7.12. The standard InChI is InChI=1S/C8H19N2O2/c1-3-5-6-12-8(10,7-9)11-4-2/h9H,3-7,10H2,1-2H3. The van der Waals surface area contributed by atoms with Gasteiger partial charge in [0.2, 0.25) is 5.91 Å². The van der Waals surface area contributed by atoms with Crippen LogP contribution in [0.5, 0.6) is 0 Å². The summed E-state index contributed by atoms with van der Waals surface area (Å²) in [6.45, 7) is 4.88. The highest BCUT2D eigenvalue weighted by Crippen LogP contribution is 2.05. The molecule has 4 heteroatoms. The van der Waals surface area contributed by atoms with Crippen LogP contribution in [0.15, 0.2) is 0 Å². The first-order valence-electron chi connectivity index (χ1n) is 4.40. The first-order valence-corrected chi connectivity index (χ1v) is 4.40. The van der Waals surface area contributed by atoms with Gasteiger partial charge in [0.25, 0.3) is 0 Å². The van der Waals surface area contributed by atoms with Crippen molar-refractivity contribution < 1.29 is 9.47 Å². The molecule has 0 fully saturated rings. The molecule has 1 radical (unpaired) electrons. The summed E-state index contributed by atoms with van der Waals surface area (Å²) in [6, 6.07) is 0. The fourth-order valence-corrected chi connectivity index (χ4v) is 0.777. The van der Waals surface area contributed by atoms with E-state index in [0.29, 0.717) is 13.2 Å². The predicted molar refractivity (Wildman–Crippen MR) is 47.4 cm³/mol. The zero-order valence-electron chi connectivity index (χ0n) is 7.93. The van der Waals surface area contributed by atoms with E-state index in [-0.39, 0.29) is 6.54 Å². The second-order valence-electron chi connectivity index (χ2n) is 2.62. The molecule has 73 valence electrons. The van der Waals surface area contributed by atoms with Crippen LogP contribution >= 0.6 is 0 Å². The molecule has 0 saturated heterocycles. The normalized spacial score (nSPS) is 16.0. The zero-order valence-corrected chi connectivity index (χ0v) is 7.93. The third-order valence-electron chi connectivity index (χ3n) is 1.48. The van der Waals surface area contributed by atoms with Crippen LogP contribution in [-0.2, 0) is 9.47 Å². The minimum Gasteiger partial charge on any atom is -0.337 e. The van der Waals surface area contributed by atoms with Crippen LogP contribution in [0, 0.1) is 0 Å². The Morgan fingerprint density at radius 2 is 2.00 bits per heavy atom. The van der Waals surface area contributed by atoms with E-state index in [1.165, 1.54) is 0 Å². The van der Waals surface area contributed by atoms with Crippen molar-refractivity contribution in [3.63, 3.8) is 0 Å². The molecule has 0 aromatic heterocycles. The van der Waals surface area contributed by atoms with Crippen molar-refractivity contribution in [2.45, 2.75) is 32.6 Å². The second-order valence-corrected chi connectivity index (χ2v) is 2.62. The van der Waals surface area contributed by atoms with E-state index in [9.17, 15) is 0 Å². The summed E-state index contributed by atoms with van der Waals surface area (Å²) >= 11 is 0. The topological polar surface area (TPSA) is 68.3 Å². The van der Waals surface area contributed by atoms with Crippen molar-refractivity contribution in [2.75, 3.05) is 19.8 Å². The molecule has 0 saturated carbocycles. The van der Waals surface area contributed by atoms with E-state index >= 15 is 0 Å². The summed E-state index contributed by atoms with van der Waals surface area (Å²) in [6.07, 6.45) is 2.01. The van der Waals surface area contributed by atoms with Crippen LogP contribution in [0.1, 0.15) is 26.7 Å². The number of hydrogen-bond donors (Lipinski definition) is 1. The molecule has 0 bridgehead atoms. The first-order chi connectivity index (χ1) is 5.68. The SMILES string of the molecule is CCCCOC(N)(C[NH])OCC. The number of rotatable bonds is 7. The van der Waals surface area contributed by atoms with Crippen LogP contribution in [0.3, 0.4) is 0 Å². The molecule has 4 nitrogen and oxygen atoms in total. The van der Waals surface area contributed by atoms with Gasteiger partial charge in [-0.1, -0.05) is 13.3 Å². The average Bonchev–Trinajstić information content (AvgIpc) is 2.06. The van der Waals surface area contributed by atoms with Gasteiger partial charge in [0.05, 0.1) is 13.2 Å². The van der Waals surface area contributed by atoms with Gasteiger partial charge in [0.15, 0.2) is 0 Å². The molecule has 0 amide bonds. The molecule has 12 heavy (non-hydrogen) atoms. The minimum atomic E-state index is -1.19. The molecule has 0 aromatic rings. The van der Waals surface area contributed by atoms with Crippen LogP contribution < -0.4 is 11.5 Å². The van der Waals surface area contributed by atoms with E-state index in [2.05, 4.69) is 6.92 Å². The smallest absolute Gasteiger partial charge is 0.239 e. The van der Waals surface area contributed by atoms with Crippen LogP contribution in [0.2, 0.25) is 0 Å². The van der Waals surface area contributed by atoms with Crippen LogP contribution in [0.25, 0.3) is 0 Å². The van der Waals surface area contributed by atoms with E-state index in [4.69, 9.17) is 20.9 Å². The highest BCUT2D eigenvalue weighted by molar-refractivity contribution is 4.60. The van der Waals surface area contributed by atoms with Crippen LogP contribution in [0.4, 0.5) is 0 Å². The molecule has 0 aromatic carbocycles. The summed E-state index contributed by atoms with van der Waals surface area (Å²) in [5.41, 5.74) is 12.7. The van der Waals surface area contributed by atoms with Gasteiger partial charge in [-0.25, -0.2) is 0 Å². The van der Waals surface area contributed by atoms with Crippen molar-refractivity contribution in [1.82, 2.24) is 5.73 Å². The van der Waals surface area contributed by atoms with Gasteiger partial charge >= 0.3 is 0 Å². The van der Waals surface area contributed by atoms with Gasteiger partial charge in [-0.2, -0.15) is 0 Å². The van der Waals surface area contributed by atoms with Crippen molar-refractivity contribution in [3.8, 4) is 0 Å². The number of nitrogens with two attached hydrogens (primary N) is 1. The van der Waals surface area contributed by atoms with Crippen molar-refractivity contribution in [1.29, 1.82) is 0 Å². The quantitative estimate of drug-likeness (QED) is 0.458. The lowest BCUT2D eigenvalue weighted by atomic mass is 10.3. The molecule has 0 aliphatic heterocycles. The van der Waals surface area contributed by atoms with E-state index in [1.54, 1.807) is 0 Å². The van der Waals surface area contributed by atoms with E-state index in [1.807, 2.05) is 6.92 Å². The highest BCUT2D eigenvalue weighted by Gasteiger charge is 2.23. The van der Waals surface area contributed by atoms with Crippen molar-refractivity contribution in [2.24, 2.45) is 5.73 Å². The molecule has 0 spiro atoms. The first kappa shape index (κ1) is 11.8. The molecule has 1 unspecified atom stereocenters. The Kier molecular flexibility index (Phi) is 6.28. The molecule has 0 heterocycles. The predicted octanol–water partition coefficient (Wildman–Crippen LogP) is 0.735. The lowest BCUT2D eigenvalue weighted by Gasteiger charge is -2.26. The monoisotopic (exact) mass is 175 g/mol. The largest absolute Gasteiger partial charge is 0.337 e. The molecule has 3 N–H and O–H groups in total. The van der Waals surface area contributed by atoms with Crippen molar-refractivity contribution >= 4 is 0 Å². The number of hydrogen-bond acceptors (Lipinski definition) is 3. The molecule has 0 aliphatic rings. The number of ether oxygens (including phenoxy) is 2. The third kappa shape index (κ3) is 4.66. The molecule has 0 aliphatic carbocycles. The van der Waals surface area contributed by atoms with E-state index in [0.717, 1.165) is 12.8 Å². The lowest BCUT2D eigenvalue weighted by Crippen LogP contribution is -2.49. The fourth-order valence-electron chi connectivity index (χ4n) is 0.777. The average molecular weight is 175 g/mol. The Hall–Kier alpha value is -0.160. The summed E-state index contributed by atoms with van der Waals surface area (Å²) in [7, 11) is 0. The summed E-state index contributed by atoms with van der Waals surface area (Å²) in [5, 5.41) is 0. The zero-order chi connectivity index (χ0) is 9.45. The lowest BCUT2D eigenvalue weighted by molar-refractivity contribution is -0.225. The van der Waals surface area contributed by atoms with Gasteiger partial charge < -0.3 is 9.47 Å². The maximum atomic E-state index is 7.12. The maximum Gasteiger partial charge on any atom is 0.239 e. The Morgan fingerprint density at radius 3 is 2.42 bits per heavy atom. The second kappa shape index (κ2) is 6.37. The van der Waals surface area contributed by atoms with Gasteiger partial charge in [-0.15, -0.1) is 0 Å². The molecule has 0 rings (SSSR count). The van der Waals surface area contributed by atoms with E-state index < -0.39 is 5.91 Å². The number of nitrogens with one attached hydrogen (secondary N) is 1. The minimum absolute atomic E-state index is 0.0649. The molecular weight excluding hydrogens is 156 g/mol. The fraction of sp³-hybridized carbons (Fsp3) is 1.00. The number of unbranched alkanes of at least 4 members (excludes halogenated alkanes) is 1. The Balaban J connectivity index is 3.63. The summed E-state index contributed by atoms with van der Waals surface area (Å²) in [4.78, 5) is 0. The Bertz CT molecular complexity index is 111. The van der Waals surface area contributed by atoms with Crippen LogP contribution in [-0.4, -0.2) is 25.7 Å². The summed E-state index contributed by atoms with van der Waals surface area (Å²) < 4.78 is 10.3. The Labute approximate surface area is 74.2 Å². The highest BCUT2D eigenvalue weighted by atomic mass is 16.7. The van der Waals surface area contributed by atoms with Crippen molar-refractivity contribution in [3.05, 3.63) is 0 Å². The van der Waals surface area contributed by atoms with Gasteiger partial charge in [-0.3, -0.25) is 11.5 Å². The van der Waals surface area contributed by atoms with Gasteiger partial charge in [-0.05, 0) is 13.3 Å².